The highest BCUT2D eigenvalue weighted by Crippen LogP contribution is 2.32. The summed E-state index contributed by atoms with van der Waals surface area (Å²) in [5.41, 5.74) is 0.813. The molecule has 4 rings (SSSR count). The number of carbonyl (C=O) groups excluding carboxylic acids is 1. The molecule has 7 nitrogen and oxygen atoms in total. The first-order valence-corrected chi connectivity index (χ1v) is 9.64. The smallest absolute Gasteiger partial charge is 0.249 e. The largest absolute Gasteiger partial charge is 0.497 e. The zero-order valence-electron chi connectivity index (χ0n) is 15.8. The van der Waals surface area contributed by atoms with Crippen LogP contribution in [-0.4, -0.2) is 35.2 Å². The fourth-order valence-corrected chi connectivity index (χ4v) is 4.26. The Bertz CT molecular complexity index is 794. The van der Waals surface area contributed by atoms with E-state index in [0.29, 0.717) is 36.1 Å². The second kappa shape index (κ2) is 7.68. The van der Waals surface area contributed by atoms with Gasteiger partial charge in [0.15, 0.2) is 0 Å². The minimum absolute atomic E-state index is 0.0509. The minimum atomic E-state index is -0.317. The number of carbonyl (C=O) groups is 1. The quantitative estimate of drug-likeness (QED) is 0.813. The van der Waals surface area contributed by atoms with Crippen LogP contribution in [0, 0.1) is 5.92 Å². The van der Waals surface area contributed by atoms with Gasteiger partial charge >= 0.3 is 0 Å². The number of piperidine rings is 1. The number of methoxy groups -OCH3 is 1. The van der Waals surface area contributed by atoms with Crippen LogP contribution in [0.3, 0.4) is 0 Å². The first kappa shape index (κ1) is 18.0. The lowest BCUT2D eigenvalue weighted by molar-refractivity contribution is -0.123. The van der Waals surface area contributed by atoms with Crippen LogP contribution in [0.5, 0.6) is 5.75 Å². The molecular weight excluding hydrogens is 344 g/mol. The van der Waals surface area contributed by atoms with Crippen molar-refractivity contribution in [2.45, 2.75) is 57.2 Å². The zero-order valence-corrected chi connectivity index (χ0v) is 15.8. The second-order valence-electron chi connectivity index (χ2n) is 7.66. The summed E-state index contributed by atoms with van der Waals surface area (Å²) < 4.78 is 10.6. The van der Waals surface area contributed by atoms with Gasteiger partial charge in [0.1, 0.15) is 11.8 Å². The number of hydrogen-bond acceptors (Lipinski definition) is 6. The summed E-state index contributed by atoms with van der Waals surface area (Å²) in [4.78, 5) is 16.9. The normalized spacial score (nSPS) is 25.2. The predicted molar refractivity (Wildman–Crippen MR) is 100 cm³/mol. The number of ether oxygens (including phenoxy) is 1. The molecule has 1 aromatic heterocycles. The van der Waals surface area contributed by atoms with Crippen LogP contribution in [0.25, 0.3) is 11.4 Å². The van der Waals surface area contributed by atoms with E-state index in [-0.39, 0.29) is 11.9 Å². The number of nitrogens with one attached hydrogen (secondary N) is 2. The molecule has 2 N–H and O–H groups in total. The predicted octanol–water partition coefficient (Wildman–Crippen LogP) is 2.84. The fourth-order valence-electron chi connectivity index (χ4n) is 4.26. The van der Waals surface area contributed by atoms with Crippen LogP contribution in [0.1, 0.15) is 51.0 Å². The van der Waals surface area contributed by atoms with Gasteiger partial charge in [0, 0.05) is 24.1 Å². The molecule has 144 valence electrons. The minimum Gasteiger partial charge on any atom is -0.497 e. The standard InChI is InChI=1S/C20H26N4O3/c1-12(21-18(25)10-13-8-15-6-7-16(9-13)22-15)20-23-19(24-27-20)14-4-3-5-17(11-14)26-2/h3-5,11-13,15-16,22H,6-10H2,1-2H3,(H,21,25). The van der Waals surface area contributed by atoms with E-state index in [2.05, 4.69) is 20.8 Å². The van der Waals surface area contributed by atoms with Crippen LogP contribution in [0.15, 0.2) is 28.8 Å². The van der Waals surface area contributed by atoms with Gasteiger partial charge in [0.05, 0.1) is 7.11 Å². The Hall–Kier alpha value is -2.41. The van der Waals surface area contributed by atoms with Gasteiger partial charge in [0.25, 0.3) is 0 Å². The van der Waals surface area contributed by atoms with Crippen LogP contribution >= 0.6 is 0 Å². The van der Waals surface area contributed by atoms with E-state index in [1.54, 1.807) is 7.11 Å². The molecule has 2 aromatic rings. The molecule has 1 amide bonds. The second-order valence-corrected chi connectivity index (χ2v) is 7.66. The summed E-state index contributed by atoms with van der Waals surface area (Å²) in [6.07, 6.45) is 5.25. The highest BCUT2D eigenvalue weighted by atomic mass is 16.5. The Morgan fingerprint density at radius 1 is 1.37 bits per heavy atom. The van der Waals surface area contributed by atoms with E-state index in [9.17, 15) is 4.79 Å². The van der Waals surface area contributed by atoms with E-state index in [1.165, 1.54) is 12.8 Å². The Labute approximate surface area is 158 Å². The number of amides is 1. The molecule has 3 heterocycles. The summed E-state index contributed by atoms with van der Waals surface area (Å²) in [6, 6.07) is 8.36. The lowest BCUT2D eigenvalue weighted by atomic mass is 9.89. The van der Waals surface area contributed by atoms with Crippen molar-refractivity contribution in [3.8, 4) is 17.1 Å². The van der Waals surface area contributed by atoms with Gasteiger partial charge in [-0.2, -0.15) is 4.98 Å². The maximum absolute atomic E-state index is 12.5. The molecule has 27 heavy (non-hydrogen) atoms. The maximum atomic E-state index is 12.5. The third kappa shape index (κ3) is 4.13. The Balaban J connectivity index is 1.35. The van der Waals surface area contributed by atoms with Gasteiger partial charge in [0.2, 0.25) is 17.6 Å². The van der Waals surface area contributed by atoms with Gasteiger partial charge in [-0.15, -0.1) is 0 Å². The number of hydrogen-bond donors (Lipinski definition) is 2. The topological polar surface area (TPSA) is 89.3 Å². The number of nitrogens with zero attached hydrogens (tertiary/aromatic N) is 2. The van der Waals surface area contributed by atoms with Crippen molar-refractivity contribution in [3.63, 3.8) is 0 Å². The van der Waals surface area contributed by atoms with Gasteiger partial charge in [-0.3, -0.25) is 4.79 Å². The lowest BCUT2D eigenvalue weighted by Gasteiger charge is -2.28. The van der Waals surface area contributed by atoms with Crippen molar-refractivity contribution in [1.29, 1.82) is 0 Å². The molecule has 3 atom stereocenters. The van der Waals surface area contributed by atoms with Crippen LogP contribution in [-0.2, 0) is 4.79 Å². The van der Waals surface area contributed by atoms with E-state index < -0.39 is 0 Å². The summed E-state index contributed by atoms with van der Waals surface area (Å²) in [5, 5.41) is 10.6. The molecule has 2 bridgehead atoms. The summed E-state index contributed by atoms with van der Waals surface area (Å²) in [5.74, 6) is 2.14. The molecule has 1 aromatic carbocycles. The fraction of sp³-hybridized carbons (Fsp3) is 0.550. The summed E-state index contributed by atoms with van der Waals surface area (Å²) in [6.45, 7) is 1.87. The maximum Gasteiger partial charge on any atom is 0.249 e. The van der Waals surface area contributed by atoms with E-state index in [4.69, 9.17) is 9.26 Å². The summed E-state index contributed by atoms with van der Waals surface area (Å²) >= 11 is 0. The average molecular weight is 370 g/mol. The number of rotatable bonds is 6. The zero-order chi connectivity index (χ0) is 18.8. The average Bonchev–Trinajstić information content (AvgIpc) is 3.28. The van der Waals surface area contributed by atoms with Crippen LogP contribution in [0.2, 0.25) is 0 Å². The first-order valence-electron chi connectivity index (χ1n) is 9.64. The van der Waals surface area contributed by atoms with Crippen molar-refractivity contribution in [2.24, 2.45) is 5.92 Å². The van der Waals surface area contributed by atoms with Crippen LogP contribution < -0.4 is 15.4 Å². The molecule has 2 aliphatic heterocycles. The van der Waals surface area contributed by atoms with Gasteiger partial charge in [-0.1, -0.05) is 17.3 Å². The third-order valence-corrected chi connectivity index (χ3v) is 5.56. The van der Waals surface area contributed by atoms with E-state index in [1.807, 2.05) is 31.2 Å². The molecular formula is C20H26N4O3. The van der Waals surface area contributed by atoms with Crippen molar-refractivity contribution in [3.05, 3.63) is 30.2 Å². The molecule has 2 saturated heterocycles. The Kier molecular flexibility index (Phi) is 5.11. The molecule has 2 fully saturated rings. The van der Waals surface area contributed by atoms with Gasteiger partial charge in [-0.05, 0) is 50.7 Å². The van der Waals surface area contributed by atoms with Crippen LogP contribution in [0.4, 0.5) is 0 Å². The van der Waals surface area contributed by atoms with E-state index in [0.717, 1.165) is 24.2 Å². The Morgan fingerprint density at radius 2 is 2.15 bits per heavy atom. The van der Waals surface area contributed by atoms with E-state index >= 15 is 0 Å². The number of aromatic nitrogens is 2. The van der Waals surface area contributed by atoms with Crippen molar-refractivity contribution < 1.29 is 14.1 Å². The number of benzene rings is 1. The first-order chi connectivity index (χ1) is 13.1. The SMILES string of the molecule is COc1cccc(-c2noc(C(C)NC(=O)CC3CC4CCC(C3)N4)n2)c1. The molecule has 0 spiro atoms. The molecule has 0 radical (unpaired) electrons. The molecule has 0 aliphatic carbocycles. The van der Waals surface area contributed by atoms with Gasteiger partial charge in [-0.25, -0.2) is 0 Å². The highest BCUT2D eigenvalue weighted by molar-refractivity contribution is 5.76. The summed E-state index contributed by atoms with van der Waals surface area (Å²) in [7, 11) is 1.62. The van der Waals surface area contributed by atoms with Crippen molar-refractivity contribution in [1.82, 2.24) is 20.8 Å². The highest BCUT2D eigenvalue weighted by Gasteiger charge is 2.34. The third-order valence-electron chi connectivity index (χ3n) is 5.56. The van der Waals surface area contributed by atoms with Crippen molar-refractivity contribution >= 4 is 5.91 Å². The monoisotopic (exact) mass is 370 g/mol. The lowest BCUT2D eigenvalue weighted by Crippen LogP contribution is -2.40. The molecule has 2 aliphatic rings. The van der Waals surface area contributed by atoms with Gasteiger partial charge < -0.3 is 19.9 Å². The molecule has 3 unspecified atom stereocenters. The van der Waals surface area contributed by atoms with Crippen molar-refractivity contribution in [2.75, 3.05) is 7.11 Å². The molecule has 0 saturated carbocycles. The molecule has 7 heteroatoms. The number of fused-ring (bicyclic) bond motifs is 2. The Morgan fingerprint density at radius 3 is 2.89 bits per heavy atom.